The lowest BCUT2D eigenvalue weighted by Gasteiger charge is -2.19. The number of anilines is 2. The van der Waals surface area contributed by atoms with Gasteiger partial charge in [0, 0.05) is 7.05 Å². The normalized spacial score (nSPS) is 12.5. The summed E-state index contributed by atoms with van der Waals surface area (Å²) < 4.78 is 6.54. The van der Waals surface area contributed by atoms with Crippen molar-refractivity contribution in [2.24, 2.45) is 13.0 Å². The zero-order valence-corrected chi connectivity index (χ0v) is 13.1. The van der Waals surface area contributed by atoms with Gasteiger partial charge in [-0.05, 0) is 18.8 Å². The molecular weight excluding hydrogens is 256 g/mol. The standard InChI is InChI=1S/C14H26N4O2/c1-6-7-10-12(15)13(18(4)17-10)16-11(8-9(2)3)14(19)20-5/h9,11,16H,6-8,15H2,1-5H3. The molecule has 0 aliphatic carbocycles. The lowest BCUT2D eigenvalue weighted by atomic mass is 10.0. The molecule has 1 aromatic rings. The molecule has 0 radical (unpaired) electrons. The van der Waals surface area contributed by atoms with Crippen LogP contribution in [0.2, 0.25) is 0 Å². The van der Waals surface area contributed by atoms with Gasteiger partial charge in [0.2, 0.25) is 0 Å². The van der Waals surface area contributed by atoms with Crippen LogP contribution in [0.3, 0.4) is 0 Å². The number of carbonyl (C=O) groups is 1. The molecule has 0 aliphatic heterocycles. The molecule has 1 heterocycles. The lowest BCUT2D eigenvalue weighted by molar-refractivity contribution is -0.141. The van der Waals surface area contributed by atoms with E-state index in [1.807, 2.05) is 7.05 Å². The van der Waals surface area contributed by atoms with Gasteiger partial charge in [0.1, 0.15) is 11.9 Å². The highest BCUT2D eigenvalue weighted by molar-refractivity contribution is 5.80. The number of nitrogens with one attached hydrogen (secondary N) is 1. The monoisotopic (exact) mass is 282 g/mol. The largest absolute Gasteiger partial charge is 0.467 e. The van der Waals surface area contributed by atoms with Gasteiger partial charge in [0.25, 0.3) is 0 Å². The van der Waals surface area contributed by atoms with Crippen LogP contribution >= 0.6 is 0 Å². The molecule has 0 aromatic carbocycles. The van der Waals surface area contributed by atoms with Crippen molar-refractivity contribution >= 4 is 17.5 Å². The van der Waals surface area contributed by atoms with Crippen molar-refractivity contribution in [3.8, 4) is 0 Å². The van der Waals surface area contributed by atoms with Crippen molar-refractivity contribution in [2.45, 2.75) is 46.1 Å². The van der Waals surface area contributed by atoms with Gasteiger partial charge < -0.3 is 15.8 Å². The van der Waals surface area contributed by atoms with Crippen molar-refractivity contribution in [1.82, 2.24) is 9.78 Å². The van der Waals surface area contributed by atoms with E-state index in [0.717, 1.165) is 18.5 Å². The molecule has 20 heavy (non-hydrogen) atoms. The number of carbonyl (C=O) groups excluding carboxylic acids is 1. The summed E-state index contributed by atoms with van der Waals surface area (Å²) in [5.74, 6) is 0.775. The summed E-state index contributed by atoms with van der Waals surface area (Å²) in [4.78, 5) is 11.9. The van der Waals surface area contributed by atoms with Crippen molar-refractivity contribution in [3.05, 3.63) is 5.69 Å². The Morgan fingerprint density at radius 1 is 1.50 bits per heavy atom. The molecule has 1 rings (SSSR count). The van der Waals surface area contributed by atoms with Gasteiger partial charge in [-0.2, -0.15) is 5.10 Å². The fourth-order valence-corrected chi connectivity index (χ4v) is 2.18. The topological polar surface area (TPSA) is 82.2 Å². The fourth-order valence-electron chi connectivity index (χ4n) is 2.18. The van der Waals surface area contributed by atoms with Gasteiger partial charge in [0.15, 0.2) is 0 Å². The molecule has 0 aliphatic rings. The van der Waals surface area contributed by atoms with Crippen LogP contribution in [0, 0.1) is 5.92 Å². The van der Waals surface area contributed by atoms with Gasteiger partial charge in [-0.3, -0.25) is 4.68 Å². The average Bonchev–Trinajstić information content (AvgIpc) is 2.64. The van der Waals surface area contributed by atoms with Gasteiger partial charge in [-0.15, -0.1) is 0 Å². The molecule has 6 nitrogen and oxygen atoms in total. The molecule has 1 aromatic heterocycles. The van der Waals surface area contributed by atoms with E-state index in [2.05, 4.69) is 31.2 Å². The SMILES string of the molecule is CCCc1nn(C)c(NC(CC(C)C)C(=O)OC)c1N. The smallest absolute Gasteiger partial charge is 0.328 e. The Bertz CT molecular complexity index is 454. The van der Waals surface area contributed by atoms with Crippen molar-refractivity contribution in [3.63, 3.8) is 0 Å². The highest BCUT2D eigenvalue weighted by Crippen LogP contribution is 2.25. The number of ether oxygens (including phenoxy) is 1. The zero-order valence-electron chi connectivity index (χ0n) is 13.1. The van der Waals surface area contributed by atoms with Crippen molar-refractivity contribution in [2.75, 3.05) is 18.2 Å². The van der Waals surface area contributed by atoms with E-state index in [0.29, 0.717) is 23.8 Å². The van der Waals surface area contributed by atoms with E-state index in [1.165, 1.54) is 7.11 Å². The molecule has 114 valence electrons. The molecule has 0 bridgehead atoms. The summed E-state index contributed by atoms with van der Waals surface area (Å²) in [6, 6.07) is -0.410. The average molecular weight is 282 g/mol. The van der Waals surface area contributed by atoms with E-state index >= 15 is 0 Å². The van der Waals surface area contributed by atoms with E-state index in [4.69, 9.17) is 10.5 Å². The van der Waals surface area contributed by atoms with Crippen LogP contribution < -0.4 is 11.1 Å². The summed E-state index contributed by atoms with van der Waals surface area (Å²) >= 11 is 0. The maximum atomic E-state index is 11.9. The van der Waals surface area contributed by atoms with Gasteiger partial charge in [-0.1, -0.05) is 27.2 Å². The number of hydrogen-bond acceptors (Lipinski definition) is 5. The number of nitrogens with zero attached hydrogens (tertiary/aromatic N) is 2. The Labute approximate surface area is 120 Å². The summed E-state index contributed by atoms with van der Waals surface area (Å²) in [5, 5.41) is 7.57. The quantitative estimate of drug-likeness (QED) is 0.747. The minimum Gasteiger partial charge on any atom is -0.467 e. The molecule has 1 atom stereocenters. The first-order chi connectivity index (χ1) is 9.40. The molecule has 0 spiro atoms. The molecule has 6 heteroatoms. The van der Waals surface area contributed by atoms with E-state index in [-0.39, 0.29) is 5.97 Å². The van der Waals surface area contributed by atoms with Crippen molar-refractivity contribution in [1.29, 1.82) is 0 Å². The number of methoxy groups -OCH3 is 1. The number of nitrogen functional groups attached to an aromatic ring is 1. The second kappa shape index (κ2) is 7.17. The third-order valence-electron chi connectivity index (χ3n) is 3.15. The molecule has 0 fully saturated rings. The first kappa shape index (κ1) is 16.3. The first-order valence-electron chi connectivity index (χ1n) is 7.06. The van der Waals surface area contributed by atoms with Crippen LogP contribution in [0.5, 0.6) is 0 Å². The van der Waals surface area contributed by atoms with Crippen LogP contribution in [0.15, 0.2) is 0 Å². The third kappa shape index (κ3) is 3.88. The predicted molar refractivity (Wildman–Crippen MR) is 80.5 cm³/mol. The molecule has 1 unspecified atom stereocenters. The highest BCUT2D eigenvalue weighted by Gasteiger charge is 2.23. The number of rotatable bonds is 7. The van der Waals surface area contributed by atoms with E-state index in [9.17, 15) is 4.79 Å². The molecule has 0 saturated carbocycles. The predicted octanol–water partition coefficient (Wildman–Crippen LogP) is 1.95. The van der Waals surface area contributed by atoms with Gasteiger partial charge in [-0.25, -0.2) is 4.79 Å². The van der Waals surface area contributed by atoms with Crippen LogP contribution in [-0.2, 0) is 23.0 Å². The van der Waals surface area contributed by atoms with Crippen molar-refractivity contribution < 1.29 is 9.53 Å². The fraction of sp³-hybridized carbons (Fsp3) is 0.714. The zero-order chi connectivity index (χ0) is 15.3. The lowest BCUT2D eigenvalue weighted by Crippen LogP contribution is -2.33. The van der Waals surface area contributed by atoms with E-state index < -0.39 is 6.04 Å². The van der Waals surface area contributed by atoms with Crippen LogP contribution in [0.25, 0.3) is 0 Å². The summed E-state index contributed by atoms with van der Waals surface area (Å²) in [6.45, 7) is 6.21. The maximum Gasteiger partial charge on any atom is 0.328 e. The molecule has 0 saturated heterocycles. The second-order valence-electron chi connectivity index (χ2n) is 5.43. The third-order valence-corrected chi connectivity index (χ3v) is 3.15. The summed E-state index contributed by atoms with van der Waals surface area (Å²) in [5.41, 5.74) is 7.60. The Kier molecular flexibility index (Phi) is 5.85. The Morgan fingerprint density at radius 2 is 2.15 bits per heavy atom. The maximum absolute atomic E-state index is 11.9. The number of hydrogen-bond donors (Lipinski definition) is 2. The van der Waals surface area contributed by atoms with Crippen LogP contribution in [-0.4, -0.2) is 28.9 Å². The number of aryl methyl sites for hydroxylation is 2. The van der Waals surface area contributed by atoms with Gasteiger partial charge >= 0.3 is 5.97 Å². The van der Waals surface area contributed by atoms with Crippen LogP contribution in [0.4, 0.5) is 11.5 Å². The first-order valence-corrected chi connectivity index (χ1v) is 7.06. The Hall–Kier alpha value is -1.72. The number of esters is 1. The molecule has 0 amide bonds. The van der Waals surface area contributed by atoms with E-state index in [1.54, 1.807) is 4.68 Å². The minimum absolute atomic E-state index is 0.281. The summed E-state index contributed by atoms with van der Waals surface area (Å²) in [6.07, 6.45) is 2.49. The van der Waals surface area contributed by atoms with Gasteiger partial charge in [0.05, 0.1) is 18.5 Å². The number of nitrogens with two attached hydrogens (primary N) is 1. The van der Waals surface area contributed by atoms with Crippen LogP contribution in [0.1, 0.15) is 39.3 Å². The Balaban J connectivity index is 2.95. The Morgan fingerprint density at radius 3 is 2.65 bits per heavy atom. The summed E-state index contributed by atoms with van der Waals surface area (Å²) in [7, 11) is 3.22. The molecular formula is C14H26N4O2. The second-order valence-corrected chi connectivity index (χ2v) is 5.43. The molecule has 3 N–H and O–H groups in total. The number of aromatic nitrogens is 2. The minimum atomic E-state index is -0.410. The highest BCUT2D eigenvalue weighted by atomic mass is 16.5.